The van der Waals surface area contributed by atoms with Crippen LogP contribution in [0.25, 0.3) is 0 Å². The summed E-state index contributed by atoms with van der Waals surface area (Å²) in [5.41, 5.74) is 5.07. The van der Waals surface area contributed by atoms with Crippen molar-refractivity contribution >= 4 is 34.8 Å². The van der Waals surface area contributed by atoms with Crippen molar-refractivity contribution in [3.05, 3.63) is 95.0 Å². The monoisotopic (exact) mass is 435 g/mol. The van der Waals surface area contributed by atoms with Crippen molar-refractivity contribution in [2.75, 3.05) is 5.32 Å². The van der Waals surface area contributed by atoms with Crippen LogP contribution in [-0.2, 0) is 11.4 Å². The number of hydrogen-bond acceptors (Lipinski definition) is 4. The quantitative estimate of drug-likeness (QED) is 0.383. The summed E-state index contributed by atoms with van der Waals surface area (Å²) in [6.45, 7) is 2.15. The summed E-state index contributed by atoms with van der Waals surface area (Å²) in [5, 5.41) is 7.32. The number of amides is 2. The topological polar surface area (TPSA) is 79.8 Å². The SMILES string of the molecule is CC(CC(=O)Nc1ccc(OCc2ccccc2)cc1)=NNC(=O)c1ccc(Cl)cc1. The van der Waals surface area contributed by atoms with Gasteiger partial charge < -0.3 is 10.1 Å². The first-order valence-electron chi connectivity index (χ1n) is 9.65. The van der Waals surface area contributed by atoms with Gasteiger partial charge in [-0.3, -0.25) is 9.59 Å². The van der Waals surface area contributed by atoms with Crippen LogP contribution < -0.4 is 15.5 Å². The first-order valence-corrected chi connectivity index (χ1v) is 10.0. The molecule has 3 aromatic rings. The van der Waals surface area contributed by atoms with Crippen molar-refractivity contribution in [1.82, 2.24) is 5.43 Å². The number of nitrogens with zero attached hydrogens (tertiary/aromatic N) is 1. The highest BCUT2D eigenvalue weighted by Crippen LogP contribution is 2.17. The van der Waals surface area contributed by atoms with E-state index in [2.05, 4.69) is 15.8 Å². The summed E-state index contributed by atoms with van der Waals surface area (Å²) in [6.07, 6.45) is 0.0488. The lowest BCUT2D eigenvalue weighted by Gasteiger charge is -2.09. The summed E-state index contributed by atoms with van der Waals surface area (Å²) >= 11 is 5.81. The largest absolute Gasteiger partial charge is 0.489 e. The van der Waals surface area contributed by atoms with E-state index in [0.717, 1.165) is 5.56 Å². The van der Waals surface area contributed by atoms with Crippen LogP contribution in [-0.4, -0.2) is 17.5 Å². The van der Waals surface area contributed by atoms with Gasteiger partial charge in [0, 0.05) is 22.0 Å². The highest BCUT2D eigenvalue weighted by Gasteiger charge is 2.07. The molecule has 0 aliphatic rings. The van der Waals surface area contributed by atoms with Gasteiger partial charge in [-0.25, -0.2) is 5.43 Å². The number of carbonyl (C=O) groups is 2. The van der Waals surface area contributed by atoms with Crippen LogP contribution in [0.1, 0.15) is 29.3 Å². The second-order valence-corrected chi connectivity index (χ2v) is 7.25. The molecule has 31 heavy (non-hydrogen) atoms. The zero-order chi connectivity index (χ0) is 22.1. The lowest BCUT2D eigenvalue weighted by atomic mass is 10.2. The van der Waals surface area contributed by atoms with E-state index in [1.165, 1.54) is 0 Å². The standard InChI is InChI=1S/C24H22ClN3O3/c1-17(27-28-24(30)19-7-9-20(25)10-8-19)15-23(29)26-21-11-13-22(14-12-21)31-16-18-5-3-2-4-6-18/h2-14H,15-16H2,1H3,(H,26,29)(H,28,30). The third kappa shape index (κ3) is 7.28. The molecule has 158 valence electrons. The Hall–Kier alpha value is -3.64. The Balaban J connectivity index is 1.45. The molecule has 0 saturated carbocycles. The van der Waals surface area contributed by atoms with Crippen LogP contribution >= 0.6 is 11.6 Å². The molecule has 3 rings (SSSR count). The predicted molar refractivity (Wildman–Crippen MR) is 122 cm³/mol. The number of nitrogens with one attached hydrogen (secondary N) is 2. The number of anilines is 1. The van der Waals surface area contributed by atoms with E-state index in [0.29, 0.717) is 34.3 Å². The highest BCUT2D eigenvalue weighted by atomic mass is 35.5. The van der Waals surface area contributed by atoms with Crippen molar-refractivity contribution < 1.29 is 14.3 Å². The minimum Gasteiger partial charge on any atom is -0.489 e. The Bertz CT molecular complexity index is 1050. The number of benzene rings is 3. The normalized spacial score (nSPS) is 11.0. The summed E-state index contributed by atoms with van der Waals surface area (Å²) in [6, 6.07) is 23.5. The molecule has 0 saturated heterocycles. The summed E-state index contributed by atoms with van der Waals surface area (Å²) < 4.78 is 5.73. The second-order valence-electron chi connectivity index (χ2n) is 6.82. The molecule has 7 heteroatoms. The average molecular weight is 436 g/mol. The first kappa shape index (κ1) is 22.1. The maximum atomic E-state index is 12.2. The molecule has 0 spiro atoms. The Morgan fingerprint density at radius 2 is 1.61 bits per heavy atom. The summed E-state index contributed by atoms with van der Waals surface area (Å²) in [7, 11) is 0. The number of halogens is 1. The molecule has 3 aromatic carbocycles. The Labute approximate surface area is 185 Å². The van der Waals surface area contributed by atoms with Gasteiger partial charge in [-0.05, 0) is 61.0 Å². The molecular formula is C24H22ClN3O3. The molecule has 2 amide bonds. The van der Waals surface area contributed by atoms with Gasteiger partial charge in [-0.15, -0.1) is 0 Å². The van der Waals surface area contributed by atoms with Gasteiger partial charge in [-0.1, -0.05) is 41.9 Å². The smallest absolute Gasteiger partial charge is 0.271 e. The molecule has 0 aromatic heterocycles. The molecular weight excluding hydrogens is 414 g/mol. The average Bonchev–Trinajstić information content (AvgIpc) is 2.78. The zero-order valence-corrected chi connectivity index (χ0v) is 17.7. The molecule has 0 atom stereocenters. The zero-order valence-electron chi connectivity index (χ0n) is 17.0. The number of ether oxygens (including phenoxy) is 1. The highest BCUT2D eigenvalue weighted by molar-refractivity contribution is 6.30. The van der Waals surface area contributed by atoms with Crippen LogP contribution in [0.15, 0.2) is 84.0 Å². The van der Waals surface area contributed by atoms with Gasteiger partial charge in [0.15, 0.2) is 0 Å². The number of hydrogen-bond donors (Lipinski definition) is 2. The van der Waals surface area contributed by atoms with E-state index < -0.39 is 0 Å². The van der Waals surface area contributed by atoms with Crippen LogP contribution in [0.4, 0.5) is 5.69 Å². The molecule has 0 aliphatic heterocycles. The minimum atomic E-state index is -0.373. The molecule has 0 heterocycles. The van der Waals surface area contributed by atoms with E-state index in [1.54, 1.807) is 55.5 Å². The van der Waals surface area contributed by atoms with Crippen LogP contribution in [0, 0.1) is 0 Å². The van der Waals surface area contributed by atoms with E-state index in [-0.39, 0.29) is 18.2 Å². The van der Waals surface area contributed by atoms with Crippen molar-refractivity contribution in [1.29, 1.82) is 0 Å². The van der Waals surface area contributed by atoms with Gasteiger partial charge in [0.25, 0.3) is 5.91 Å². The molecule has 0 bridgehead atoms. The van der Waals surface area contributed by atoms with Crippen molar-refractivity contribution in [2.45, 2.75) is 20.0 Å². The van der Waals surface area contributed by atoms with Gasteiger partial charge in [-0.2, -0.15) is 5.10 Å². The Morgan fingerprint density at radius 1 is 0.935 bits per heavy atom. The third-order valence-electron chi connectivity index (χ3n) is 4.26. The van der Waals surface area contributed by atoms with Crippen molar-refractivity contribution in [3.63, 3.8) is 0 Å². The fourth-order valence-corrected chi connectivity index (χ4v) is 2.79. The maximum Gasteiger partial charge on any atom is 0.271 e. The lowest BCUT2D eigenvalue weighted by molar-refractivity contribution is -0.115. The molecule has 0 radical (unpaired) electrons. The van der Waals surface area contributed by atoms with Crippen LogP contribution in [0.5, 0.6) is 5.75 Å². The van der Waals surface area contributed by atoms with Gasteiger partial charge >= 0.3 is 0 Å². The number of rotatable bonds is 8. The van der Waals surface area contributed by atoms with Crippen LogP contribution in [0.2, 0.25) is 5.02 Å². The molecule has 0 aliphatic carbocycles. The van der Waals surface area contributed by atoms with Crippen molar-refractivity contribution in [3.8, 4) is 5.75 Å². The first-order chi connectivity index (χ1) is 15.0. The summed E-state index contributed by atoms with van der Waals surface area (Å²) in [4.78, 5) is 24.3. The second kappa shape index (κ2) is 10.9. The van der Waals surface area contributed by atoms with E-state index in [9.17, 15) is 9.59 Å². The minimum absolute atomic E-state index is 0.0488. The van der Waals surface area contributed by atoms with Gasteiger partial charge in [0.1, 0.15) is 12.4 Å². The lowest BCUT2D eigenvalue weighted by Crippen LogP contribution is -2.21. The molecule has 2 N–H and O–H groups in total. The molecule has 6 nitrogen and oxygen atoms in total. The van der Waals surface area contributed by atoms with Crippen molar-refractivity contribution in [2.24, 2.45) is 5.10 Å². The number of carbonyl (C=O) groups excluding carboxylic acids is 2. The van der Waals surface area contributed by atoms with E-state index in [4.69, 9.17) is 16.3 Å². The molecule has 0 fully saturated rings. The van der Waals surface area contributed by atoms with E-state index >= 15 is 0 Å². The third-order valence-corrected chi connectivity index (χ3v) is 4.51. The maximum absolute atomic E-state index is 12.2. The Kier molecular flexibility index (Phi) is 7.79. The predicted octanol–water partition coefficient (Wildman–Crippen LogP) is 5.05. The van der Waals surface area contributed by atoms with Gasteiger partial charge in [0.2, 0.25) is 5.91 Å². The fourth-order valence-electron chi connectivity index (χ4n) is 2.66. The van der Waals surface area contributed by atoms with Crippen LogP contribution in [0.3, 0.4) is 0 Å². The fraction of sp³-hybridized carbons (Fsp3) is 0.125. The molecule has 0 unspecified atom stereocenters. The summed E-state index contributed by atoms with van der Waals surface area (Å²) in [5.74, 6) is 0.104. The van der Waals surface area contributed by atoms with Gasteiger partial charge in [0.05, 0.1) is 6.42 Å². The number of hydrazone groups is 1. The Morgan fingerprint density at radius 3 is 2.29 bits per heavy atom. The van der Waals surface area contributed by atoms with E-state index in [1.807, 2.05) is 30.3 Å².